The van der Waals surface area contributed by atoms with E-state index in [1.54, 1.807) is 0 Å². The molecular weight excluding hydrogens is 248 g/mol. The quantitative estimate of drug-likeness (QED) is 0.413. The molecule has 0 saturated heterocycles. The van der Waals surface area contributed by atoms with Crippen molar-refractivity contribution in [1.82, 2.24) is 0 Å². The van der Waals surface area contributed by atoms with Crippen molar-refractivity contribution in [3.05, 3.63) is 48.0 Å². The molecule has 1 aromatic rings. The van der Waals surface area contributed by atoms with Gasteiger partial charge in [-0.3, -0.25) is 0 Å². The second kappa shape index (κ2) is 6.38. The van der Waals surface area contributed by atoms with Crippen molar-refractivity contribution < 1.29 is 4.43 Å². The number of halogens is 1. The molecule has 1 nitrogen and oxygen atoms in total. The first-order chi connectivity index (χ1) is 7.94. The van der Waals surface area contributed by atoms with Crippen LogP contribution in [0.25, 0.3) is 0 Å². The van der Waals surface area contributed by atoms with Crippen molar-refractivity contribution in [1.29, 1.82) is 0 Å². The van der Waals surface area contributed by atoms with E-state index >= 15 is 0 Å². The molecule has 0 fully saturated rings. The van der Waals surface area contributed by atoms with Crippen molar-refractivity contribution in [2.75, 3.05) is 5.50 Å². The Labute approximate surface area is 111 Å². The SMILES string of the molecule is C=C(C)CC(O[Si](C)(C)CCl)c1ccccc1. The van der Waals surface area contributed by atoms with E-state index in [1.807, 2.05) is 25.1 Å². The summed E-state index contributed by atoms with van der Waals surface area (Å²) in [4.78, 5) is 0. The van der Waals surface area contributed by atoms with Gasteiger partial charge < -0.3 is 4.43 Å². The highest BCUT2D eigenvalue weighted by Gasteiger charge is 2.26. The van der Waals surface area contributed by atoms with Crippen LogP contribution in [0.15, 0.2) is 42.5 Å². The highest BCUT2D eigenvalue weighted by molar-refractivity contribution is 6.77. The molecule has 0 saturated carbocycles. The van der Waals surface area contributed by atoms with Crippen LogP contribution in [-0.4, -0.2) is 13.8 Å². The zero-order valence-electron chi connectivity index (χ0n) is 10.9. The Hall–Kier alpha value is -0.573. The summed E-state index contributed by atoms with van der Waals surface area (Å²) in [7, 11) is -1.77. The van der Waals surface area contributed by atoms with Gasteiger partial charge in [-0.05, 0) is 32.0 Å². The molecule has 0 radical (unpaired) electrons. The Balaban J connectivity index is 2.85. The lowest BCUT2D eigenvalue weighted by molar-refractivity contribution is 0.197. The summed E-state index contributed by atoms with van der Waals surface area (Å²) in [6.07, 6.45) is 0.950. The van der Waals surface area contributed by atoms with E-state index in [0.717, 1.165) is 12.0 Å². The molecule has 0 spiro atoms. The topological polar surface area (TPSA) is 9.23 Å². The van der Waals surface area contributed by atoms with E-state index in [0.29, 0.717) is 5.50 Å². The summed E-state index contributed by atoms with van der Waals surface area (Å²) >= 11 is 5.98. The van der Waals surface area contributed by atoms with Crippen LogP contribution in [0.4, 0.5) is 0 Å². The highest BCUT2D eigenvalue weighted by Crippen LogP contribution is 2.28. The normalized spacial score (nSPS) is 13.4. The van der Waals surface area contributed by atoms with Crippen LogP contribution in [0, 0.1) is 0 Å². The second-order valence-corrected chi connectivity index (χ2v) is 9.90. The van der Waals surface area contributed by atoms with Crippen LogP contribution in [-0.2, 0) is 4.43 Å². The molecule has 0 bridgehead atoms. The standard InChI is InChI=1S/C14H21ClOSi/c1-12(2)10-14(16-17(3,4)11-15)13-8-6-5-7-9-13/h5-9,14H,1,10-11H2,2-4H3. The molecule has 1 atom stereocenters. The fraction of sp³-hybridized carbons (Fsp3) is 0.429. The lowest BCUT2D eigenvalue weighted by atomic mass is 10.0. The molecule has 0 aromatic heterocycles. The summed E-state index contributed by atoms with van der Waals surface area (Å²) in [5, 5.41) is 0. The monoisotopic (exact) mass is 268 g/mol. The van der Waals surface area contributed by atoms with Crippen molar-refractivity contribution in [3.8, 4) is 0 Å². The van der Waals surface area contributed by atoms with Crippen LogP contribution >= 0.6 is 11.6 Å². The fourth-order valence-corrected chi connectivity index (χ4v) is 2.87. The molecule has 1 unspecified atom stereocenters. The van der Waals surface area contributed by atoms with Gasteiger partial charge in [-0.15, -0.1) is 18.2 Å². The highest BCUT2D eigenvalue weighted by atomic mass is 35.5. The smallest absolute Gasteiger partial charge is 0.202 e. The summed E-state index contributed by atoms with van der Waals surface area (Å²) in [5.41, 5.74) is 2.96. The van der Waals surface area contributed by atoms with Gasteiger partial charge in [-0.2, -0.15) is 0 Å². The summed E-state index contributed by atoms with van der Waals surface area (Å²) in [6.45, 7) is 10.3. The molecule has 17 heavy (non-hydrogen) atoms. The Morgan fingerprint density at radius 1 is 1.35 bits per heavy atom. The van der Waals surface area contributed by atoms with Gasteiger partial charge >= 0.3 is 0 Å². The minimum Gasteiger partial charge on any atom is -0.409 e. The molecule has 1 aromatic carbocycles. The Bertz CT molecular complexity index is 362. The number of rotatable bonds is 6. The van der Waals surface area contributed by atoms with Gasteiger partial charge in [0.1, 0.15) is 0 Å². The number of hydrogen-bond acceptors (Lipinski definition) is 1. The van der Waals surface area contributed by atoms with Crippen LogP contribution in [0.3, 0.4) is 0 Å². The predicted molar refractivity (Wildman–Crippen MR) is 77.9 cm³/mol. The average Bonchev–Trinajstić information content (AvgIpc) is 2.28. The molecule has 0 heterocycles. The largest absolute Gasteiger partial charge is 0.409 e. The number of alkyl halides is 1. The third-order valence-corrected chi connectivity index (χ3v) is 5.99. The first-order valence-corrected chi connectivity index (χ1v) is 9.53. The second-order valence-electron chi connectivity index (χ2n) is 5.07. The lowest BCUT2D eigenvalue weighted by Gasteiger charge is -2.28. The Morgan fingerprint density at radius 3 is 2.41 bits per heavy atom. The minimum atomic E-state index is -1.77. The zero-order chi connectivity index (χ0) is 12.9. The van der Waals surface area contributed by atoms with E-state index < -0.39 is 8.32 Å². The number of hydrogen-bond donors (Lipinski definition) is 0. The Morgan fingerprint density at radius 2 is 1.94 bits per heavy atom. The number of benzene rings is 1. The maximum Gasteiger partial charge on any atom is 0.202 e. The Kier molecular flexibility index (Phi) is 5.44. The maximum atomic E-state index is 6.23. The van der Waals surface area contributed by atoms with Crippen molar-refractivity contribution in [2.24, 2.45) is 0 Å². The average molecular weight is 269 g/mol. The van der Waals surface area contributed by atoms with Gasteiger partial charge in [0.25, 0.3) is 0 Å². The molecule has 0 aliphatic heterocycles. The molecule has 0 aliphatic carbocycles. The molecule has 1 rings (SSSR count). The fourth-order valence-electron chi connectivity index (χ4n) is 1.63. The lowest BCUT2D eigenvalue weighted by Crippen LogP contribution is -2.35. The van der Waals surface area contributed by atoms with Gasteiger partial charge in [-0.25, -0.2) is 0 Å². The third kappa shape index (κ3) is 5.07. The molecule has 0 aliphatic rings. The summed E-state index contributed by atoms with van der Waals surface area (Å²) < 4.78 is 6.23. The van der Waals surface area contributed by atoms with Crippen molar-refractivity contribution in [3.63, 3.8) is 0 Å². The predicted octanol–water partition coefficient (Wildman–Crippen LogP) is 4.69. The first-order valence-electron chi connectivity index (χ1n) is 5.88. The summed E-state index contributed by atoms with van der Waals surface area (Å²) in [5.74, 6) is 0. The van der Waals surface area contributed by atoms with E-state index in [9.17, 15) is 0 Å². The minimum absolute atomic E-state index is 0.0918. The maximum absolute atomic E-state index is 6.23. The van der Waals surface area contributed by atoms with E-state index in [-0.39, 0.29) is 6.10 Å². The van der Waals surface area contributed by atoms with Gasteiger partial charge in [0.15, 0.2) is 0 Å². The third-order valence-electron chi connectivity index (χ3n) is 2.49. The van der Waals surface area contributed by atoms with Crippen LogP contribution in [0.2, 0.25) is 13.1 Å². The first kappa shape index (κ1) is 14.5. The summed E-state index contributed by atoms with van der Waals surface area (Å²) in [6, 6.07) is 10.3. The molecule has 0 amide bonds. The van der Waals surface area contributed by atoms with Crippen molar-refractivity contribution >= 4 is 19.9 Å². The van der Waals surface area contributed by atoms with E-state index in [4.69, 9.17) is 16.0 Å². The van der Waals surface area contributed by atoms with Crippen LogP contribution in [0.1, 0.15) is 25.0 Å². The van der Waals surface area contributed by atoms with Gasteiger partial charge in [0.2, 0.25) is 8.32 Å². The molecule has 94 valence electrons. The van der Waals surface area contributed by atoms with Gasteiger partial charge in [0.05, 0.1) is 6.10 Å². The van der Waals surface area contributed by atoms with E-state index in [2.05, 4.69) is 31.8 Å². The van der Waals surface area contributed by atoms with Crippen LogP contribution < -0.4 is 0 Å². The van der Waals surface area contributed by atoms with Gasteiger partial charge in [0, 0.05) is 5.50 Å². The zero-order valence-corrected chi connectivity index (χ0v) is 12.6. The molecule has 0 N–H and O–H groups in total. The van der Waals surface area contributed by atoms with E-state index in [1.165, 1.54) is 5.56 Å². The van der Waals surface area contributed by atoms with Crippen LogP contribution in [0.5, 0.6) is 0 Å². The molecular formula is C14H21ClOSi. The van der Waals surface area contributed by atoms with Gasteiger partial charge in [-0.1, -0.05) is 35.9 Å². The molecule has 3 heteroatoms. The van der Waals surface area contributed by atoms with Crippen molar-refractivity contribution in [2.45, 2.75) is 32.5 Å².